The smallest absolute Gasteiger partial charge is 0.0855 e. The van der Waals surface area contributed by atoms with Crippen LogP contribution in [0.25, 0.3) is 0 Å². The first-order chi connectivity index (χ1) is 6.13. The molecule has 3 unspecified atom stereocenters. The molecule has 3 atom stereocenters. The zero-order chi connectivity index (χ0) is 9.84. The van der Waals surface area contributed by atoms with Gasteiger partial charge in [-0.2, -0.15) is 0 Å². The lowest BCUT2D eigenvalue weighted by Gasteiger charge is -2.31. The summed E-state index contributed by atoms with van der Waals surface area (Å²) in [5.74, 6) is 2.31. The maximum Gasteiger partial charge on any atom is 0.0855 e. The van der Waals surface area contributed by atoms with E-state index < -0.39 is 0 Å². The maximum absolute atomic E-state index is 9.23. The minimum absolute atomic E-state index is 0.450. The molecule has 0 aromatic rings. The van der Waals surface area contributed by atoms with Gasteiger partial charge in [0.05, 0.1) is 5.76 Å². The highest BCUT2D eigenvalue weighted by Gasteiger charge is 2.24. The molecule has 0 saturated heterocycles. The van der Waals surface area contributed by atoms with Gasteiger partial charge in [0.25, 0.3) is 0 Å². The van der Waals surface area contributed by atoms with E-state index in [4.69, 9.17) is 0 Å². The van der Waals surface area contributed by atoms with Crippen LogP contribution in [0.3, 0.4) is 0 Å². The van der Waals surface area contributed by atoms with E-state index in [0.29, 0.717) is 17.6 Å². The molecule has 1 aliphatic rings. The van der Waals surface area contributed by atoms with Gasteiger partial charge >= 0.3 is 0 Å². The highest BCUT2D eigenvalue weighted by molar-refractivity contribution is 5.01. The summed E-state index contributed by atoms with van der Waals surface area (Å²) in [6.45, 7) is 7.89. The van der Waals surface area contributed by atoms with Crippen LogP contribution in [0.15, 0.2) is 24.5 Å². The summed E-state index contributed by atoms with van der Waals surface area (Å²) in [5, 5.41) is 9.23. The second kappa shape index (κ2) is 4.50. The van der Waals surface area contributed by atoms with Crippen LogP contribution in [0.4, 0.5) is 0 Å². The first-order valence-corrected chi connectivity index (χ1v) is 5.13. The van der Waals surface area contributed by atoms with Gasteiger partial charge < -0.3 is 5.11 Å². The normalized spacial score (nSPS) is 35.8. The quantitative estimate of drug-likeness (QED) is 0.507. The molecule has 0 amide bonds. The number of rotatable bonds is 2. The van der Waals surface area contributed by atoms with Crippen LogP contribution in [-0.2, 0) is 0 Å². The van der Waals surface area contributed by atoms with Gasteiger partial charge in [-0.05, 0) is 43.6 Å². The topological polar surface area (TPSA) is 20.2 Å². The molecule has 0 aromatic heterocycles. The van der Waals surface area contributed by atoms with E-state index in [1.165, 1.54) is 19.3 Å². The molecule has 0 heterocycles. The van der Waals surface area contributed by atoms with Crippen LogP contribution >= 0.6 is 0 Å². The predicted molar refractivity (Wildman–Crippen MR) is 56.6 cm³/mol. The molecular formula is C12H20O. The van der Waals surface area contributed by atoms with E-state index in [2.05, 4.69) is 13.5 Å². The van der Waals surface area contributed by atoms with Crippen LogP contribution in [-0.4, -0.2) is 5.11 Å². The standard InChI is InChI=1S/C12H20O/c1-4-11-6-5-9(2)7-12(11)8-10(3)13/h4,8-9,11-13H,1,5-7H2,2-3H3/b10-8+. The second-order valence-electron chi connectivity index (χ2n) is 4.29. The van der Waals surface area contributed by atoms with Gasteiger partial charge in [0.15, 0.2) is 0 Å². The van der Waals surface area contributed by atoms with Gasteiger partial charge in [0.1, 0.15) is 0 Å². The highest BCUT2D eigenvalue weighted by atomic mass is 16.3. The molecule has 0 radical (unpaired) electrons. The van der Waals surface area contributed by atoms with E-state index in [9.17, 15) is 5.11 Å². The van der Waals surface area contributed by atoms with Gasteiger partial charge in [-0.15, -0.1) is 6.58 Å². The Balaban J connectivity index is 2.65. The summed E-state index contributed by atoms with van der Waals surface area (Å²) < 4.78 is 0. The van der Waals surface area contributed by atoms with Crippen LogP contribution in [0.1, 0.15) is 33.1 Å². The second-order valence-corrected chi connectivity index (χ2v) is 4.29. The Morgan fingerprint density at radius 3 is 2.62 bits per heavy atom. The van der Waals surface area contributed by atoms with E-state index in [0.717, 1.165) is 5.92 Å². The van der Waals surface area contributed by atoms with Crippen molar-refractivity contribution in [3.63, 3.8) is 0 Å². The molecule has 0 bridgehead atoms. The molecule has 13 heavy (non-hydrogen) atoms. The summed E-state index contributed by atoms with van der Waals surface area (Å²) in [7, 11) is 0. The summed E-state index contributed by atoms with van der Waals surface area (Å²) >= 11 is 0. The largest absolute Gasteiger partial charge is 0.513 e. The van der Waals surface area contributed by atoms with Gasteiger partial charge in [-0.3, -0.25) is 0 Å². The van der Waals surface area contributed by atoms with E-state index in [1.807, 2.05) is 12.2 Å². The van der Waals surface area contributed by atoms with Crippen molar-refractivity contribution in [2.24, 2.45) is 17.8 Å². The van der Waals surface area contributed by atoms with Crippen LogP contribution < -0.4 is 0 Å². The minimum Gasteiger partial charge on any atom is -0.513 e. The molecular weight excluding hydrogens is 160 g/mol. The van der Waals surface area contributed by atoms with Gasteiger partial charge in [0, 0.05) is 0 Å². The number of aliphatic hydroxyl groups excluding tert-OH is 1. The van der Waals surface area contributed by atoms with Gasteiger partial charge in [-0.1, -0.05) is 19.4 Å². The Bertz CT molecular complexity index is 201. The lowest BCUT2D eigenvalue weighted by atomic mass is 9.74. The highest BCUT2D eigenvalue weighted by Crippen LogP contribution is 2.35. The van der Waals surface area contributed by atoms with Crippen LogP contribution in [0.5, 0.6) is 0 Å². The SMILES string of the molecule is C=CC1CCC(C)CC1/C=C(\C)O. The Kier molecular flexibility index (Phi) is 3.58. The van der Waals surface area contributed by atoms with Crippen molar-refractivity contribution >= 4 is 0 Å². The average Bonchev–Trinajstić information content (AvgIpc) is 2.03. The van der Waals surface area contributed by atoms with Crippen molar-refractivity contribution in [1.29, 1.82) is 0 Å². The minimum atomic E-state index is 0.450. The first-order valence-electron chi connectivity index (χ1n) is 5.13. The van der Waals surface area contributed by atoms with Crippen molar-refractivity contribution in [2.45, 2.75) is 33.1 Å². The zero-order valence-corrected chi connectivity index (χ0v) is 8.66. The lowest BCUT2D eigenvalue weighted by molar-refractivity contribution is 0.260. The Morgan fingerprint density at radius 1 is 1.38 bits per heavy atom. The van der Waals surface area contributed by atoms with Crippen LogP contribution in [0, 0.1) is 17.8 Å². The maximum atomic E-state index is 9.23. The average molecular weight is 180 g/mol. The zero-order valence-electron chi connectivity index (χ0n) is 8.66. The summed E-state index contributed by atoms with van der Waals surface area (Å²) in [4.78, 5) is 0. The number of aliphatic hydroxyl groups is 1. The van der Waals surface area contributed by atoms with Crippen molar-refractivity contribution < 1.29 is 5.11 Å². The van der Waals surface area contributed by atoms with E-state index in [1.54, 1.807) is 6.92 Å². The molecule has 0 aliphatic heterocycles. The van der Waals surface area contributed by atoms with Crippen molar-refractivity contribution in [3.8, 4) is 0 Å². The molecule has 1 heteroatoms. The molecule has 74 valence electrons. The molecule has 0 spiro atoms. The number of allylic oxidation sites excluding steroid dienone is 3. The number of hydrogen-bond acceptors (Lipinski definition) is 1. The summed E-state index contributed by atoms with van der Waals surface area (Å²) in [6.07, 6.45) is 7.73. The molecule has 1 fully saturated rings. The van der Waals surface area contributed by atoms with Crippen molar-refractivity contribution in [3.05, 3.63) is 24.5 Å². The molecule has 1 aliphatic carbocycles. The lowest BCUT2D eigenvalue weighted by Crippen LogP contribution is -2.20. The van der Waals surface area contributed by atoms with E-state index in [-0.39, 0.29) is 0 Å². The monoisotopic (exact) mass is 180 g/mol. The van der Waals surface area contributed by atoms with Gasteiger partial charge in [-0.25, -0.2) is 0 Å². The fourth-order valence-electron chi connectivity index (χ4n) is 2.24. The molecule has 1 saturated carbocycles. The third kappa shape index (κ3) is 2.91. The Labute approximate surface area is 81.2 Å². The molecule has 1 rings (SSSR count). The van der Waals surface area contributed by atoms with Crippen molar-refractivity contribution in [1.82, 2.24) is 0 Å². The fraction of sp³-hybridized carbons (Fsp3) is 0.667. The summed E-state index contributed by atoms with van der Waals surface area (Å²) in [6, 6.07) is 0. The van der Waals surface area contributed by atoms with E-state index >= 15 is 0 Å². The predicted octanol–water partition coefficient (Wildman–Crippen LogP) is 3.69. The molecule has 1 nitrogen and oxygen atoms in total. The number of hydrogen-bond donors (Lipinski definition) is 1. The Morgan fingerprint density at radius 2 is 2.08 bits per heavy atom. The molecule has 0 aromatic carbocycles. The van der Waals surface area contributed by atoms with Crippen LogP contribution in [0.2, 0.25) is 0 Å². The summed E-state index contributed by atoms with van der Waals surface area (Å²) in [5.41, 5.74) is 0. The van der Waals surface area contributed by atoms with Crippen molar-refractivity contribution in [2.75, 3.05) is 0 Å². The Hall–Kier alpha value is -0.720. The third-order valence-corrected chi connectivity index (χ3v) is 2.98. The fourth-order valence-corrected chi connectivity index (χ4v) is 2.24. The molecule has 1 N–H and O–H groups in total. The van der Waals surface area contributed by atoms with Gasteiger partial charge in [0.2, 0.25) is 0 Å². The third-order valence-electron chi connectivity index (χ3n) is 2.98. The first kappa shape index (κ1) is 10.4.